The lowest BCUT2D eigenvalue weighted by molar-refractivity contribution is -0.751. The van der Waals surface area contributed by atoms with Crippen molar-refractivity contribution >= 4 is 16.6 Å². The van der Waals surface area contributed by atoms with E-state index in [9.17, 15) is 5.21 Å². The monoisotopic (exact) mass is 221 g/mol. The third-order valence-electron chi connectivity index (χ3n) is 2.56. The lowest BCUT2D eigenvalue weighted by Gasteiger charge is -2.15. The van der Waals surface area contributed by atoms with E-state index in [4.69, 9.17) is 4.74 Å². The van der Waals surface area contributed by atoms with Crippen molar-refractivity contribution < 1.29 is 9.80 Å². The van der Waals surface area contributed by atoms with Crippen molar-refractivity contribution in [2.45, 2.75) is 6.54 Å². The van der Waals surface area contributed by atoms with Crippen molar-refractivity contribution in [3.63, 3.8) is 0 Å². The first-order valence-electron chi connectivity index (χ1n) is 5.18. The van der Waals surface area contributed by atoms with E-state index in [2.05, 4.69) is 5.10 Å². The highest BCUT2D eigenvalue weighted by Crippen LogP contribution is 2.16. The first-order chi connectivity index (χ1) is 7.72. The molecule has 5 nitrogen and oxygen atoms in total. The number of nitrogens with one attached hydrogen (secondary N) is 1. The number of ether oxygens (including phenoxy) is 1. The van der Waals surface area contributed by atoms with E-state index in [0.29, 0.717) is 6.61 Å². The predicted molar refractivity (Wildman–Crippen MR) is 61.5 cm³/mol. The Hall–Kier alpha value is -1.43. The Balaban J connectivity index is 2.35. The molecule has 0 spiro atoms. The summed E-state index contributed by atoms with van der Waals surface area (Å²) in [5.41, 5.74) is 1.75. The van der Waals surface area contributed by atoms with Gasteiger partial charge in [0.05, 0.1) is 31.9 Å². The number of methoxy groups -OCH3 is 1. The normalized spacial score (nSPS) is 13.2. The van der Waals surface area contributed by atoms with Crippen LogP contribution in [-0.4, -0.2) is 30.5 Å². The second-order valence-corrected chi connectivity index (χ2v) is 3.69. The van der Waals surface area contributed by atoms with Gasteiger partial charge in [0.1, 0.15) is 5.69 Å². The lowest BCUT2D eigenvalue weighted by Crippen LogP contribution is -2.98. The summed E-state index contributed by atoms with van der Waals surface area (Å²) in [7, 11) is 3.23. The molecule has 1 aromatic heterocycles. The zero-order valence-electron chi connectivity index (χ0n) is 9.43. The van der Waals surface area contributed by atoms with E-state index >= 15 is 0 Å². The Morgan fingerprint density at radius 2 is 2.31 bits per heavy atom. The van der Waals surface area contributed by atoms with Crippen LogP contribution in [0.15, 0.2) is 24.4 Å². The Labute approximate surface area is 93.8 Å². The van der Waals surface area contributed by atoms with E-state index in [1.165, 1.54) is 0 Å². The average molecular weight is 221 g/mol. The van der Waals surface area contributed by atoms with Crippen LogP contribution in [0.5, 0.6) is 0 Å². The third-order valence-corrected chi connectivity index (χ3v) is 2.56. The zero-order valence-corrected chi connectivity index (χ0v) is 9.43. The molecule has 86 valence electrons. The minimum atomic E-state index is 0.0755. The number of hydrogen-bond acceptors (Lipinski definition) is 3. The first kappa shape index (κ1) is 11.1. The molecule has 1 N–H and O–H groups in total. The summed E-state index contributed by atoms with van der Waals surface area (Å²) < 4.78 is 6.89. The number of aromatic nitrogens is 2. The van der Waals surface area contributed by atoms with E-state index in [-0.39, 0.29) is 5.06 Å². The van der Waals surface area contributed by atoms with Crippen molar-refractivity contribution in [1.29, 1.82) is 0 Å². The standard InChI is InChI=1S/C11H15N3O2/c1-13(15)10-3-4-11-9(7-10)8-12-14(11)5-6-16-2/h3-4,7-8,13H,5-6H2,1-2H3. The van der Waals surface area contributed by atoms with Gasteiger partial charge in [0.15, 0.2) is 0 Å². The summed E-state index contributed by atoms with van der Waals surface area (Å²) >= 11 is 0. The number of rotatable bonds is 4. The Bertz CT molecular complexity index is 479. The van der Waals surface area contributed by atoms with Crippen LogP contribution in [0.25, 0.3) is 10.9 Å². The quantitative estimate of drug-likeness (QED) is 0.757. The fourth-order valence-corrected chi connectivity index (χ4v) is 1.66. The average Bonchev–Trinajstić information content (AvgIpc) is 2.68. The van der Waals surface area contributed by atoms with Crippen LogP contribution in [-0.2, 0) is 11.3 Å². The fourth-order valence-electron chi connectivity index (χ4n) is 1.66. The second kappa shape index (κ2) is 4.61. The molecular formula is C11H15N3O2. The molecule has 5 heteroatoms. The number of hydroxylamine groups is 1. The van der Waals surface area contributed by atoms with Crippen LogP contribution in [0.1, 0.15) is 0 Å². The van der Waals surface area contributed by atoms with E-state index in [0.717, 1.165) is 23.1 Å². The maximum atomic E-state index is 11.2. The van der Waals surface area contributed by atoms with Gasteiger partial charge in [0.2, 0.25) is 0 Å². The van der Waals surface area contributed by atoms with E-state index in [1.54, 1.807) is 20.4 Å². The molecule has 0 aliphatic heterocycles. The molecule has 2 aromatic rings. The highest BCUT2D eigenvalue weighted by Gasteiger charge is 2.05. The zero-order chi connectivity index (χ0) is 11.5. The van der Waals surface area contributed by atoms with Crippen molar-refractivity contribution in [2.75, 3.05) is 20.8 Å². The highest BCUT2D eigenvalue weighted by atomic mass is 16.5. The molecule has 0 amide bonds. The maximum Gasteiger partial charge on any atom is 0.131 e. The van der Waals surface area contributed by atoms with Crippen LogP contribution in [0.4, 0.5) is 5.69 Å². The summed E-state index contributed by atoms with van der Waals surface area (Å²) in [6.07, 6.45) is 1.78. The van der Waals surface area contributed by atoms with Gasteiger partial charge < -0.3 is 15.0 Å². The van der Waals surface area contributed by atoms with Crippen molar-refractivity contribution in [3.8, 4) is 0 Å². The van der Waals surface area contributed by atoms with Gasteiger partial charge in [-0.05, 0) is 6.07 Å². The maximum absolute atomic E-state index is 11.2. The van der Waals surface area contributed by atoms with E-state index in [1.807, 2.05) is 22.9 Å². The minimum absolute atomic E-state index is 0.0755. The number of fused-ring (bicyclic) bond motifs is 1. The van der Waals surface area contributed by atoms with E-state index < -0.39 is 0 Å². The lowest BCUT2D eigenvalue weighted by atomic mass is 10.2. The largest absolute Gasteiger partial charge is 0.629 e. The molecule has 0 saturated heterocycles. The van der Waals surface area contributed by atoms with Crippen molar-refractivity contribution in [3.05, 3.63) is 29.6 Å². The number of benzene rings is 1. The molecule has 16 heavy (non-hydrogen) atoms. The molecular weight excluding hydrogens is 206 g/mol. The van der Waals surface area contributed by atoms with Crippen LogP contribution < -0.4 is 5.06 Å². The van der Waals surface area contributed by atoms with Gasteiger partial charge in [-0.2, -0.15) is 5.10 Å². The van der Waals surface area contributed by atoms with Gasteiger partial charge in [-0.15, -0.1) is 0 Å². The summed E-state index contributed by atoms with van der Waals surface area (Å²) in [4.78, 5) is 0. The molecule has 0 fully saturated rings. The molecule has 0 aliphatic rings. The predicted octanol–water partition coefficient (Wildman–Crippen LogP) is 0.327. The summed E-state index contributed by atoms with van der Waals surface area (Å²) in [6.45, 7) is 1.35. The molecule has 1 atom stereocenters. The van der Waals surface area contributed by atoms with Gasteiger partial charge in [0, 0.05) is 24.6 Å². The minimum Gasteiger partial charge on any atom is -0.629 e. The molecule has 1 unspecified atom stereocenters. The Morgan fingerprint density at radius 3 is 3.00 bits per heavy atom. The fraction of sp³-hybridized carbons (Fsp3) is 0.364. The summed E-state index contributed by atoms with van der Waals surface area (Å²) in [5, 5.41) is 16.5. The van der Waals surface area contributed by atoms with Gasteiger partial charge in [-0.3, -0.25) is 4.68 Å². The van der Waals surface area contributed by atoms with Crippen LogP contribution >= 0.6 is 0 Å². The van der Waals surface area contributed by atoms with Crippen LogP contribution in [0.3, 0.4) is 0 Å². The van der Waals surface area contributed by atoms with Crippen molar-refractivity contribution in [2.24, 2.45) is 0 Å². The molecule has 0 radical (unpaired) electrons. The topological polar surface area (TPSA) is 54.5 Å². The van der Waals surface area contributed by atoms with Gasteiger partial charge in [-0.25, -0.2) is 0 Å². The Kier molecular flexibility index (Phi) is 3.19. The SMILES string of the molecule is COCCn1ncc2cc([NH+](C)[O-])ccc21. The van der Waals surface area contributed by atoms with Crippen LogP contribution in [0, 0.1) is 5.21 Å². The third kappa shape index (κ3) is 2.06. The highest BCUT2D eigenvalue weighted by molar-refractivity contribution is 5.81. The molecule has 0 saturated carbocycles. The number of quaternary nitrogens is 1. The molecule has 0 aliphatic carbocycles. The molecule has 1 aromatic carbocycles. The van der Waals surface area contributed by atoms with Gasteiger partial charge in [0.25, 0.3) is 0 Å². The van der Waals surface area contributed by atoms with Gasteiger partial charge in [-0.1, -0.05) is 0 Å². The van der Waals surface area contributed by atoms with Gasteiger partial charge >= 0.3 is 0 Å². The van der Waals surface area contributed by atoms with Crippen molar-refractivity contribution in [1.82, 2.24) is 9.78 Å². The number of hydrogen-bond donors (Lipinski definition) is 1. The summed E-state index contributed by atoms with van der Waals surface area (Å²) in [5.74, 6) is 0. The smallest absolute Gasteiger partial charge is 0.131 e. The van der Waals surface area contributed by atoms with Crippen LogP contribution in [0.2, 0.25) is 0 Å². The molecule has 1 heterocycles. The second-order valence-electron chi connectivity index (χ2n) is 3.69. The molecule has 2 rings (SSSR count). The molecule has 0 bridgehead atoms. The summed E-state index contributed by atoms with van der Waals surface area (Å²) in [6, 6.07) is 5.62. The number of nitrogens with zero attached hydrogens (tertiary/aromatic N) is 2. The Morgan fingerprint density at radius 1 is 1.50 bits per heavy atom. The first-order valence-corrected chi connectivity index (χ1v) is 5.18.